The van der Waals surface area contributed by atoms with Crippen LogP contribution in [0, 0.1) is 5.82 Å². The lowest BCUT2D eigenvalue weighted by Crippen LogP contribution is -2.34. The van der Waals surface area contributed by atoms with Gasteiger partial charge in [0.05, 0.1) is 30.5 Å². The number of carbonyl (C=O) groups excluding carboxylic acids is 2. The fourth-order valence-corrected chi connectivity index (χ4v) is 2.00. The minimum Gasteiger partial charge on any atom is -0.444 e. The van der Waals surface area contributed by atoms with Gasteiger partial charge in [-0.3, -0.25) is 14.5 Å². The first-order valence-corrected chi connectivity index (χ1v) is 8.11. The third-order valence-corrected chi connectivity index (χ3v) is 3.16. The molecule has 0 bridgehead atoms. The second kappa shape index (κ2) is 8.41. The largest absolute Gasteiger partial charge is 0.444 e. The lowest BCUT2D eigenvalue weighted by atomic mass is 10.2. The van der Waals surface area contributed by atoms with Gasteiger partial charge in [0, 0.05) is 18.9 Å². The monoisotopic (exact) mass is 363 g/mol. The lowest BCUT2D eigenvalue weighted by molar-refractivity contribution is 0.0525. The Bertz CT molecular complexity index is 770. The quantitative estimate of drug-likeness (QED) is 0.816. The molecule has 26 heavy (non-hydrogen) atoms. The van der Waals surface area contributed by atoms with Crippen LogP contribution in [0.5, 0.6) is 0 Å². The van der Waals surface area contributed by atoms with E-state index >= 15 is 0 Å². The molecule has 0 atom stereocenters. The number of pyridine rings is 1. The van der Waals surface area contributed by atoms with Crippen LogP contribution < -0.4 is 10.6 Å². The van der Waals surface area contributed by atoms with Gasteiger partial charge >= 0.3 is 6.09 Å². The van der Waals surface area contributed by atoms with Crippen LogP contribution >= 0.6 is 0 Å². The fraction of sp³-hybridized carbons (Fsp3) is 0.412. The SMILES string of the molecule is CC(C)(C)OC(=O)NCCn1cc(C(=O)NCc2ncccc2F)cn1. The van der Waals surface area contributed by atoms with E-state index in [4.69, 9.17) is 4.74 Å². The molecule has 2 aromatic heterocycles. The summed E-state index contributed by atoms with van der Waals surface area (Å²) in [5, 5.41) is 9.25. The number of rotatable bonds is 6. The zero-order valence-electron chi connectivity index (χ0n) is 15.0. The topological polar surface area (TPSA) is 98.1 Å². The second-order valence-electron chi connectivity index (χ2n) is 6.54. The van der Waals surface area contributed by atoms with Gasteiger partial charge in [0.25, 0.3) is 5.91 Å². The van der Waals surface area contributed by atoms with Crippen molar-refractivity contribution in [2.75, 3.05) is 6.54 Å². The Morgan fingerprint density at radius 2 is 2.08 bits per heavy atom. The fourth-order valence-electron chi connectivity index (χ4n) is 2.00. The zero-order chi connectivity index (χ0) is 19.2. The molecule has 0 aromatic carbocycles. The van der Waals surface area contributed by atoms with Gasteiger partial charge in [-0.2, -0.15) is 5.10 Å². The van der Waals surface area contributed by atoms with Crippen molar-refractivity contribution in [2.45, 2.75) is 39.5 Å². The molecular formula is C17H22FN5O3. The summed E-state index contributed by atoms with van der Waals surface area (Å²) in [4.78, 5) is 27.5. The lowest BCUT2D eigenvalue weighted by Gasteiger charge is -2.19. The van der Waals surface area contributed by atoms with E-state index in [-0.39, 0.29) is 18.1 Å². The van der Waals surface area contributed by atoms with Gasteiger partial charge in [-0.1, -0.05) is 0 Å². The van der Waals surface area contributed by atoms with Crippen LogP contribution in [-0.2, 0) is 17.8 Å². The van der Waals surface area contributed by atoms with E-state index in [9.17, 15) is 14.0 Å². The molecule has 140 valence electrons. The molecule has 2 rings (SSSR count). The molecule has 0 saturated heterocycles. The molecule has 0 radical (unpaired) electrons. The predicted octanol–water partition coefficient (Wildman–Crippen LogP) is 1.87. The van der Waals surface area contributed by atoms with E-state index in [0.717, 1.165) is 0 Å². The van der Waals surface area contributed by atoms with Gasteiger partial charge in [0.15, 0.2) is 0 Å². The van der Waals surface area contributed by atoms with Gasteiger partial charge in [-0.05, 0) is 32.9 Å². The highest BCUT2D eigenvalue weighted by molar-refractivity contribution is 5.93. The maximum absolute atomic E-state index is 13.5. The maximum Gasteiger partial charge on any atom is 0.407 e. The standard InChI is InChI=1S/C17H22FN5O3/c1-17(2,3)26-16(25)20-7-8-23-11-12(9-22-23)15(24)21-10-14-13(18)5-4-6-19-14/h4-6,9,11H,7-8,10H2,1-3H3,(H,20,25)(H,21,24). The first kappa shape index (κ1) is 19.4. The Kier molecular flexibility index (Phi) is 6.26. The molecule has 8 nitrogen and oxygen atoms in total. The van der Waals surface area contributed by atoms with Crippen LogP contribution in [0.1, 0.15) is 36.8 Å². The van der Waals surface area contributed by atoms with Gasteiger partial charge in [-0.15, -0.1) is 0 Å². The number of ether oxygens (including phenoxy) is 1. The number of halogens is 1. The first-order chi connectivity index (χ1) is 12.2. The maximum atomic E-state index is 13.5. The van der Waals surface area contributed by atoms with Crippen LogP contribution in [-0.4, -0.2) is 38.9 Å². The molecule has 0 unspecified atom stereocenters. The average molecular weight is 363 g/mol. The van der Waals surface area contributed by atoms with Crippen LogP contribution in [0.2, 0.25) is 0 Å². The second-order valence-corrected chi connectivity index (χ2v) is 6.54. The summed E-state index contributed by atoms with van der Waals surface area (Å²) in [6.07, 6.45) is 3.89. The van der Waals surface area contributed by atoms with Crippen LogP contribution in [0.4, 0.5) is 9.18 Å². The van der Waals surface area contributed by atoms with Crippen molar-refractivity contribution >= 4 is 12.0 Å². The number of carbonyl (C=O) groups is 2. The van der Waals surface area contributed by atoms with Crippen LogP contribution in [0.25, 0.3) is 0 Å². The van der Waals surface area contributed by atoms with Crippen LogP contribution in [0.3, 0.4) is 0 Å². The molecule has 0 spiro atoms. The Morgan fingerprint density at radius 1 is 1.31 bits per heavy atom. The molecule has 0 aliphatic carbocycles. The Labute approximate surface area is 150 Å². The summed E-state index contributed by atoms with van der Waals surface area (Å²) < 4.78 is 20.1. The van der Waals surface area contributed by atoms with E-state index in [1.807, 2.05) is 0 Å². The highest BCUT2D eigenvalue weighted by Crippen LogP contribution is 2.06. The number of nitrogens with zero attached hydrogens (tertiary/aromatic N) is 3. The number of hydrogen-bond donors (Lipinski definition) is 2. The third kappa shape index (κ3) is 6.15. The molecule has 2 amide bonds. The Balaban J connectivity index is 1.79. The molecule has 0 aliphatic heterocycles. The molecule has 0 saturated carbocycles. The summed E-state index contributed by atoms with van der Waals surface area (Å²) in [6.45, 7) is 6.00. The average Bonchev–Trinajstić information content (AvgIpc) is 3.01. The van der Waals surface area contributed by atoms with Crippen molar-refractivity contribution < 1.29 is 18.7 Å². The molecule has 2 aromatic rings. The van der Waals surface area contributed by atoms with Gasteiger partial charge < -0.3 is 15.4 Å². The van der Waals surface area contributed by atoms with Crippen molar-refractivity contribution in [2.24, 2.45) is 0 Å². The van der Waals surface area contributed by atoms with E-state index in [0.29, 0.717) is 18.7 Å². The zero-order valence-corrected chi connectivity index (χ0v) is 15.0. The van der Waals surface area contributed by atoms with Crippen molar-refractivity contribution in [1.29, 1.82) is 0 Å². The Hall–Kier alpha value is -2.97. The Morgan fingerprint density at radius 3 is 2.77 bits per heavy atom. The molecule has 2 heterocycles. The van der Waals surface area contributed by atoms with Crippen LogP contribution in [0.15, 0.2) is 30.7 Å². The van der Waals surface area contributed by atoms with Crippen molar-refractivity contribution in [3.8, 4) is 0 Å². The third-order valence-electron chi connectivity index (χ3n) is 3.16. The predicted molar refractivity (Wildman–Crippen MR) is 91.8 cm³/mol. The first-order valence-electron chi connectivity index (χ1n) is 8.11. The number of alkyl carbamates (subject to hydrolysis) is 1. The molecule has 0 fully saturated rings. The van der Waals surface area contributed by atoms with Gasteiger partial charge in [0.2, 0.25) is 0 Å². The van der Waals surface area contributed by atoms with E-state index in [1.165, 1.54) is 29.2 Å². The number of aromatic nitrogens is 3. The highest BCUT2D eigenvalue weighted by Gasteiger charge is 2.15. The molecule has 0 aliphatic rings. The van der Waals surface area contributed by atoms with E-state index in [1.54, 1.807) is 27.0 Å². The number of amides is 2. The van der Waals surface area contributed by atoms with Crippen molar-refractivity contribution in [3.63, 3.8) is 0 Å². The summed E-state index contributed by atoms with van der Waals surface area (Å²) in [5.74, 6) is -0.863. The number of nitrogens with one attached hydrogen (secondary N) is 2. The minimum absolute atomic E-state index is 0.0170. The summed E-state index contributed by atoms with van der Waals surface area (Å²) in [7, 11) is 0. The van der Waals surface area contributed by atoms with Crippen molar-refractivity contribution in [3.05, 3.63) is 47.8 Å². The molecular weight excluding hydrogens is 341 g/mol. The summed E-state index contributed by atoms with van der Waals surface area (Å²) >= 11 is 0. The minimum atomic E-state index is -0.561. The molecule has 2 N–H and O–H groups in total. The normalized spacial score (nSPS) is 11.1. The smallest absolute Gasteiger partial charge is 0.407 e. The summed E-state index contributed by atoms with van der Waals surface area (Å²) in [5.41, 5.74) is -0.0675. The van der Waals surface area contributed by atoms with E-state index < -0.39 is 17.5 Å². The van der Waals surface area contributed by atoms with Gasteiger partial charge in [-0.25, -0.2) is 9.18 Å². The highest BCUT2D eigenvalue weighted by atomic mass is 19.1. The van der Waals surface area contributed by atoms with Gasteiger partial charge in [0.1, 0.15) is 11.4 Å². The van der Waals surface area contributed by atoms with Crippen molar-refractivity contribution in [1.82, 2.24) is 25.4 Å². The number of hydrogen-bond acceptors (Lipinski definition) is 5. The molecule has 9 heteroatoms. The van der Waals surface area contributed by atoms with E-state index in [2.05, 4.69) is 20.7 Å². The summed E-state index contributed by atoms with van der Waals surface area (Å²) in [6, 6.07) is 2.76.